The molecule has 2 aromatic rings. The van der Waals surface area contributed by atoms with Crippen LogP contribution in [0.25, 0.3) is 11.1 Å². The molecule has 2 unspecified atom stereocenters. The second kappa shape index (κ2) is 7.85. The zero-order chi connectivity index (χ0) is 21.6. The van der Waals surface area contributed by atoms with Crippen LogP contribution in [0.4, 0.5) is 4.79 Å². The summed E-state index contributed by atoms with van der Waals surface area (Å²) in [5.41, 5.74) is 6.87. The molecule has 1 saturated heterocycles. The van der Waals surface area contributed by atoms with E-state index in [1.165, 1.54) is 34.2 Å². The van der Waals surface area contributed by atoms with Crippen LogP contribution in [0.1, 0.15) is 69.9 Å². The number of fused-ring (bicyclic) bond motifs is 5. The Balaban J connectivity index is 1.32. The Morgan fingerprint density at radius 3 is 2.26 bits per heavy atom. The normalized spacial score (nSPS) is 22.5. The van der Waals surface area contributed by atoms with Gasteiger partial charge in [0.05, 0.1) is 6.04 Å². The molecule has 0 aromatic heterocycles. The van der Waals surface area contributed by atoms with Crippen molar-refractivity contribution in [3.8, 4) is 11.1 Å². The molecule has 2 heterocycles. The van der Waals surface area contributed by atoms with Gasteiger partial charge in [-0.3, -0.25) is 4.90 Å². The highest BCUT2D eigenvalue weighted by molar-refractivity contribution is 5.79. The first-order valence-corrected chi connectivity index (χ1v) is 11.7. The van der Waals surface area contributed by atoms with E-state index >= 15 is 0 Å². The number of nitrogens with zero attached hydrogens (tertiary/aromatic N) is 1. The molecule has 162 valence electrons. The molecule has 0 radical (unpaired) electrons. The van der Waals surface area contributed by atoms with Crippen molar-refractivity contribution in [2.24, 2.45) is 5.41 Å². The quantitative estimate of drug-likeness (QED) is 0.509. The maximum Gasteiger partial charge on any atom is 0.410 e. The minimum Gasteiger partial charge on any atom is -0.448 e. The SMILES string of the molecule is CC(C)(C)CC1=CC2CCCC(C1)N2C(=O)OCC1c2ccccc2-c2ccccc21. The summed E-state index contributed by atoms with van der Waals surface area (Å²) in [5, 5.41) is 0. The van der Waals surface area contributed by atoms with Crippen molar-refractivity contribution in [1.29, 1.82) is 0 Å². The molecule has 3 heteroatoms. The minimum atomic E-state index is -0.136. The van der Waals surface area contributed by atoms with E-state index in [9.17, 15) is 4.79 Å². The molecule has 5 rings (SSSR count). The Labute approximate surface area is 186 Å². The van der Waals surface area contributed by atoms with Gasteiger partial charge in [-0.2, -0.15) is 0 Å². The Kier molecular flexibility index (Phi) is 5.16. The van der Waals surface area contributed by atoms with Gasteiger partial charge in [0.25, 0.3) is 0 Å². The van der Waals surface area contributed by atoms with Crippen molar-refractivity contribution in [2.75, 3.05) is 6.61 Å². The number of ether oxygens (including phenoxy) is 1. The smallest absolute Gasteiger partial charge is 0.410 e. The van der Waals surface area contributed by atoms with Gasteiger partial charge in [0.2, 0.25) is 0 Å². The summed E-state index contributed by atoms with van der Waals surface area (Å²) in [5.74, 6) is 0.118. The number of piperidine rings is 1. The zero-order valence-electron chi connectivity index (χ0n) is 18.9. The van der Waals surface area contributed by atoms with Crippen LogP contribution in [-0.2, 0) is 4.74 Å². The second-order valence-electron chi connectivity index (χ2n) is 10.6. The number of carbonyl (C=O) groups excluding carboxylic acids is 1. The summed E-state index contributed by atoms with van der Waals surface area (Å²) in [6, 6.07) is 17.5. The molecule has 3 nitrogen and oxygen atoms in total. The average molecular weight is 416 g/mol. The number of hydrogen-bond acceptors (Lipinski definition) is 2. The number of benzene rings is 2. The van der Waals surface area contributed by atoms with E-state index < -0.39 is 0 Å². The van der Waals surface area contributed by atoms with Gasteiger partial charge in [-0.05, 0) is 59.8 Å². The van der Waals surface area contributed by atoms with Crippen LogP contribution in [0.5, 0.6) is 0 Å². The fourth-order valence-electron chi connectivity index (χ4n) is 5.88. The molecular weight excluding hydrogens is 382 g/mol. The van der Waals surface area contributed by atoms with Gasteiger partial charge in [0.15, 0.2) is 0 Å². The van der Waals surface area contributed by atoms with Crippen molar-refractivity contribution >= 4 is 6.09 Å². The van der Waals surface area contributed by atoms with Crippen LogP contribution in [0.3, 0.4) is 0 Å². The predicted molar refractivity (Wildman–Crippen MR) is 125 cm³/mol. The summed E-state index contributed by atoms with van der Waals surface area (Å²) in [4.78, 5) is 15.3. The van der Waals surface area contributed by atoms with Gasteiger partial charge in [0, 0.05) is 12.0 Å². The van der Waals surface area contributed by atoms with E-state index in [4.69, 9.17) is 4.74 Å². The van der Waals surface area contributed by atoms with Crippen molar-refractivity contribution in [2.45, 2.75) is 70.9 Å². The maximum absolute atomic E-state index is 13.3. The van der Waals surface area contributed by atoms with E-state index in [1.54, 1.807) is 0 Å². The first-order valence-electron chi connectivity index (χ1n) is 11.7. The molecule has 1 amide bonds. The van der Waals surface area contributed by atoms with E-state index in [0.717, 1.165) is 25.7 Å². The molecule has 1 aliphatic carbocycles. The molecule has 0 saturated carbocycles. The van der Waals surface area contributed by atoms with Crippen LogP contribution in [0.15, 0.2) is 60.2 Å². The monoisotopic (exact) mass is 415 g/mol. The molecule has 3 aliphatic rings. The van der Waals surface area contributed by atoms with E-state index in [-0.39, 0.29) is 29.5 Å². The summed E-state index contributed by atoms with van der Waals surface area (Å²) in [6.07, 6.45) is 7.67. The van der Waals surface area contributed by atoms with Crippen LogP contribution >= 0.6 is 0 Å². The molecule has 0 spiro atoms. The molecule has 0 N–H and O–H groups in total. The van der Waals surface area contributed by atoms with Gasteiger partial charge in [-0.25, -0.2) is 4.79 Å². The fraction of sp³-hybridized carbons (Fsp3) is 0.464. The Morgan fingerprint density at radius 2 is 1.65 bits per heavy atom. The highest BCUT2D eigenvalue weighted by Crippen LogP contribution is 2.45. The average Bonchev–Trinajstić information content (AvgIpc) is 3.04. The summed E-state index contributed by atoms with van der Waals surface area (Å²) >= 11 is 0. The lowest BCUT2D eigenvalue weighted by Crippen LogP contribution is -2.52. The van der Waals surface area contributed by atoms with Gasteiger partial charge in [-0.1, -0.05) is 81.0 Å². The third-order valence-electron chi connectivity index (χ3n) is 7.02. The second-order valence-corrected chi connectivity index (χ2v) is 10.6. The maximum atomic E-state index is 13.3. The van der Waals surface area contributed by atoms with Crippen molar-refractivity contribution in [3.05, 3.63) is 71.3 Å². The summed E-state index contributed by atoms with van der Waals surface area (Å²) in [6.45, 7) is 7.28. The van der Waals surface area contributed by atoms with Gasteiger partial charge >= 0.3 is 6.09 Å². The molecular formula is C28H33NO2. The predicted octanol–water partition coefficient (Wildman–Crippen LogP) is 6.92. The highest BCUT2D eigenvalue weighted by atomic mass is 16.6. The number of hydrogen-bond donors (Lipinski definition) is 0. The molecule has 2 aliphatic heterocycles. The fourth-order valence-corrected chi connectivity index (χ4v) is 5.88. The largest absolute Gasteiger partial charge is 0.448 e. The van der Waals surface area contributed by atoms with Crippen molar-refractivity contribution < 1.29 is 9.53 Å². The van der Waals surface area contributed by atoms with Crippen LogP contribution in [0, 0.1) is 5.41 Å². The van der Waals surface area contributed by atoms with E-state index in [0.29, 0.717) is 6.61 Å². The lowest BCUT2D eigenvalue weighted by molar-refractivity contribution is 0.0502. The molecule has 31 heavy (non-hydrogen) atoms. The summed E-state index contributed by atoms with van der Waals surface area (Å²) < 4.78 is 6.01. The number of carbonyl (C=O) groups is 1. The van der Waals surface area contributed by atoms with Crippen LogP contribution < -0.4 is 0 Å². The first-order chi connectivity index (χ1) is 14.9. The lowest BCUT2D eigenvalue weighted by Gasteiger charge is -2.45. The lowest BCUT2D eigenvalue weighted by atomic mass is 9.79. The zero-order valence-corrected chi connectivity index (χ0v) is 18.9. The van der Waals surface area contributed by atoms with Gasteiger partial charge < -0.3 is 4.74 Å². The van der Waals surface area contributed by atoms with Crippen molar-refractivity contribution in [3.63, 3.8) is 0 Å². The van der Waals surface area contributed by atoms with E-state index in [1.807, 2.05) is 4.90 Å². The minimum absolute atomic E-state index is 0.118. The van der Waals surface area contributed by atoms with E-state index in [2.05, 4.69) is 75.4 Å². The molecule has 2 bridgehead atoms. The van der Waals surface area contributed by atoms with Crippen LogP contribution in [-0.4, -0.2) is 29.7 Å². The number of rotatable bonds is 3. The highest BCUT2D eigenvalue weighted by Gasteiger charge is 2.39. The molecule has 2 atom stereocenters. The topological polar surface area (TPSA) is 29.5 Å². The van der Waals surface area contributed by atoms with Crippen LogP contribution in [0.2, 0.25) is 0 Å². The third kappa shape index (κ3) is 3.91. The third-order valence-corrected chi connectivity index (χ3v) is 7.02. The van der Waals surface area contributed by atoms with Gasteiger partial charge in [0.1, 0.15) is 6.61 Å². The first kappa shape index (κ1) is 20.4. The number of amides is 1. The van der Waals surface area contributed by atoms with Gasteiger partial charge in [-0.15, -0.1) is 0 Å². The Hall–Kier alpha value is -2.55. The molecule has 2 aromatic carbocycles. The Bertz CT molecular complexity index is 970. The van der Waals surface area contributed by atoms with Crippen molar-refractivity contribution in [1.82, 2.24) is 4.90 Å². The standard InChI is InChI=1S/C28H33NO2/c1-28(2,3)17-19-15-20-9-8-10-21(16-19)29(20)27(30)31-18-26-24-13-6-4-11-22(24)23-12-5-7-14-25(23)26/h4-7,11-15,20-21,26H,8-10,16-18H2,1-3H3. The molecule has 1 fully saturated rings. The summed E-state index contributed by atoms with van der Waals surface area (Å²) in [7, 11) is 0. The Morgan fingerprint density at radius 1 is 1.00 bits per heavy atom.